The van der Waals surface area contributed by atoms with Gasteiger partial charge in [-0.05, 0) is 18.6 Å². The molecule has 0 fully saturated rings. The smallest absolute Gasteiger partial charge is 0.124 e. The van der Waals surface area contributed by atoms with Crippen LogP contribution in [0.15, 0.2) is 12.1 Å². The lowest BCUT2D eigenvalue weighted by Crippen LogP contribution is -2.02. The van der Waals surface area contributed by atoms with Gasteiger partial charge in [-0.25, -0.2) is 0 Å². The average molecular weight is 361 g/mol. The molecule has 0 aliphatic heterocycles. The summed E-state index contributed by atoms with van der Waals surface area (Å²) in [5.74, 6) is 2.42. The predicted molar refractivity (Wildman–Crippen MR) is 100 cm³/mol. The molecule has 4 heteroatoms. The van der Waals surface area contributed by atoms with E-state index < -0.39 is 0 Å². The van der Waals surface area contributed by atoms with E-state index in [2.05, 4.69) is 6.92 Å². The zero-order valence-corrected chi connectivity index (χ0v) is 16.0. The maximum absolute atomic E-state index is 6.01. The Morgan fingerprint density at radius 1 is 0.783 bits per heavy atom. The first-order valence-corrected chi connectivity index (χ1v) is 9.78. The fourth-order valence-electron chi connectivity index (χ4n) is 2.60. The van der Waals surface area contributed by atoms with Crippen LogP contribution in [0.1, 0.15) is 69.4 Å². The van der Waals surface area contributed by atoms with Crippen molar-refractivity contribution in [2.75, 3.05) is 13.7 Å². The van der Waals surface area contributed by atoms with E-state index in [1.54, 1.807) is 7.11 Å². The molecule has 0 saturated carbocycles. The van der Waals surface area contributed by atoms with Gasteiger partial charge in [0, 0.05) is 11.1 Å². The molecule has 132 valence electrons. The standard InChI is InChI=1S/C19H30Cl2O2/c1-3-4-5-6-7-8-9-10-11-23-19-13-16(14-20)18(22-2)12-17(19)15-21/h12-13H,3-11,14-15H2,1-2H3. The monoisotopic (exact) mass is 360 g/mol. The maximum atomic E-state index is 6.01. The third kappa shape index (κ3) is 7.67. The van der Waals surface area contributed by atoms with E-state index in [9.17, 15) is 0 Å². The number of benzene rings is 1. The second-order valence-corrected chi connectivity index (χ2v) is 6.40. The Kier molecular flexibility index (Phi) is 11.4. The molecule has 0 aliphatic rings. The zero-order chi connectivity index (χ0) is 16.9. The van der Waals surface area contributed by atoms with Crippen LogP contribution in [0.25, 0.3) is 0 Å². The van der Waals surface area contributed by atoms with Crippen LogP contribution in [0.3, 0.4) is 0 Å². The molecule has 0 aliphatic carbocycles. The molecule has 0 amide bonds. The molecule has 1 aromatic carbocycles. The van der Waals surface area contributed by atoms with Crippen molar-refractivity contribution in [3.05, 3.63) is 23.3 Å². The first-order chi connectivity index (χ1) is 11.3. The van der Waals surface area contributed by atoms with Gasteiger partial charge in [-0.1, -0.05) is 51.9 Å². The first kappa shape index (κ1) is 20.4. The Hall–Kier alpha value is -0.600. The highest BCUT2D eigenvalue weighted by Crippen LogP contribution is 2.31. The number of unbranched alkanes of at least 4 members (excludes halogenated alkanes) is 7. The molecule has 0 spiro atoms. The van der Waals surface area contributed by atoms with E-state index in [1.807, 2.05) is 12.1 Å². The summed E-state index contributed by atoms with van der Waals surface area (Å²) in [4.78, 5) is 0. The van der Waals surface area contributed by atoms with Crippen molar-refractivity contribution in [1.29, 1.82) is 0 Å². The van der Waals surface area contributed by atoms with Crippen LogP contribution in [0, 0.1) is 0 Å². The molecule has 0 unspecified atom stereocenters. The van der Waals surface area contributed by atoms with Crippen LogP contribution in [-0.2, 0) is 11.8 Å². The molecule has 0 saturated heterocycles. The molecular weight excluding hydrogens is 331 g/mol. The Morgan fingerprint density at radius 2 is 1.30 bits per heavy atom. The van der Waals surface area contributed by atoms with Crippen molar-refractivity contribution >= 4 is 23.2 Å². The van der Waals surface area contributed by atoms with Crippen LogP contribution in [0.2, 0.25) is 0 Å². The second kappa shape index (κ2) is 12.8. The van der Waals surface area contributed by atoms with Gasteiger partial charge in [0.25, 0.3) is 0 Å². The van der Waals surface area contributed by atoms with Gasteiger partial charge in [0.05, 0.1) is 25.5 Å². The summed E-state index contributed by atoms with van der Waals surface area (Å²) < 4.78 is 11.2. The van der Waals surface area contributed by atoms with E-state index in [1.165, 1.54) is 44.9 Å². The summed E-state index contributed by atoms with van der Waals surface area (Å²) in [5, 5.41) is 0. The number of hydrogen-bond acceptors (Lipinski definition) is 2. The van der Waals surface area contributed by atoms with Crippen LogP contribution in [0.4, 0.5) is 0 Å². The summed E-state index contributed by atoms with van der Waals surface area (Å²) >= 11 is 12.0. The van der Waals surface area contributed by atoms with Gasteiger partial charge in [0.2, 0.25) is 0 Å². The molecular formula is C19H30Cl2O2. The SMILES string of the molecule is CCCCCCCCCCOc1cc(CCl)c(OC)cc1CCl. The van der Waals surface area contributed by atoms with Crippen molar-refractivity contribution in [1.82, 2.24) is 0 Å². The summed E-state index contributed by atoms with van der Waals surface area (Å²) in [7, 11) is 1.64. The molecule has 2 nitrogen and oxygen atoms in total. The molecule has 1 rings (SSSR count). The van der Waals surface area contributed by atoms with Crippen LogP contribution >= 0.6 is 23.2 Å². The fraction of sp³-hybridized carbons (Fsp3) is 0.684. The summed E-state index contributed by atoms with van der Waals surface area (Å²) in [6.45, 7) is 2.98. The molecule has 0 atom stereocenters. The van der Waals surface area contributed by atoms with Crippen LogP contribution in [0.5, 0.6) is 11.5 Å². The van der Waals surface area contributed by atoms with Gasteiger partial charge < -0.3 is 9.47 Å². The molecule has 0 radical (unpaired) electrons. The first-order valence-electron chi connectivity index (χ1n) is 8.71. The van der Waals surface area contributed by atoms with Crippen LogP contribution < -0.4 is 9.47 Å². The van der Waals surface area contributed by atoms with E-state index in [0.717, 1.165) is 35.7 Å². The van der Waals surface area contributed by atoms with E-state index in [0.29, 0.717) is 11.8 Å². The van der Waals surface area contributed by atoms with Crippen molar-refractivity contribution in [2.45, 2.75) is 70.1 Å². The fourth-order valence-corrected chi connectivity index (χ4v) is 3.01. The minimum absolute atomic E-state index is 0.403. The Bertz CT molecular complexity index is 436. The van der Waals surface area contributed by atoms with Gasteiger partial charge in [-0.3, -0.25) is 0 Å². The molecule has 0 N–H and O–H groups in total. The Morgan fingerprint density at radius 3 is 1.87 bits per heavy atom. The lowest BCUT2D eigenvalue weighted by atomic mass is 10.1. The van der Waals surface area contributed by atoms with Gasteiger partial charge in [-0.2, -0.15) is 0 Å². The van der Waals surface area contributed by atoms with Gasteiger partial charge in [0.1, 0.15) is 11.5 Å². The third-order valence-electron chi connectivity index (χ3n) is 4.01. The maximum Gasteiger partial charge on any atom is 0.124 e. The number of alkyl halides is 2. The second-order valence-electron chi connectivity index (χ2n) is 5.86. The lowest BCUT2D eigenvalue weighted by Gasteiger charge is -2.14. The Balaban J connectivity index is 2.34. The summed E-state index contributed by atoms with van der Waals surface area (Å²) in [5.41, 5.74) is 1.89. The highest BCUT2D eigenvalue weighted by atomic mass is 35.5. The molecule has 23 heavy (non-hydrogen) atoms. The number of ether oxygens (including phenoxy) is 2. The van der Waals surface area contributed by atoms with E-state index in [4.69, 9.17) is 32.7 Å². The summed E-state index contributed by atoms with van der Waals surface area (Å²) in [6, 6.07) is 3.88. The minimum Gasteiger partial charge on any atom is -0.496 e. The Labute approximate surface area is 151 Å². The van der Waals surface area contributed by atoms with Crippen molar-refractivity contribution in [2.24, 2.45) is 0 Å². The molecule has 0 aromatic heterocycles. The number of halogens is 2. The summed E-state index contributed by atoms with van der Waals surface area (Å²) in [6.07, 6.45) is 10.4. The number of rotatable bonds is 13. The quantitative estimate of drug-likeness (QED) is 0.288. The third-order valence-corrected chi connectivity index (χ3v) is 4.58. The van der Waals surface area contributed by atoms with Gasteiger partial charge in [0.15, 0.2) is 0 Å². The van der Waals surface area contributed by atoms with Gasteiger partial charge in [-0.15, -0.1) is 23.2 Å². The highest BCUT2D eigenvalue weighted by Gasteiger charge is 2.10. The topological polar surface area (TPSA) is 18.5 Å². The normalized spacial score (nSPS) is 10.8. The van der Waals surface area contributed by atoms with Gasteiger partial charge >= 0.3 is 0 Å². The van der Waals surface area contributed by atoms with Crippen molar-refractivity contribution < 1.29 is 9.47 Å². The number of hydrogen-bond donors (Lipinski definition) is 0. The minimum atomic E-state index is 0.403. The molecule has 1 aromatic rings. The number of methoxy groups -OCH3 is 1. The zero-order valence-electron chi connectivity index (χ0n) is 14.5. The largest absolute Gasteiger partial charge is 0.496 e. The van der Waals surface area contributed by atoms with Crippen LogP contribution in [-0.4, -0.2) is 13.7 Å². The lowest BCUT2D eigenvalue weighted by molar-refractivity contribution is 0.301. The van der Waals surface area contributed by atoms with Crippen molar-refractivity contribution in [3.8, 4) is 11.5 Å². The average Bonchev–Trinajstić information content (AvgIpc) is 2.59. The van der Waals surface area contributed by atoms with Crippen molar-refractivity contribution in [3.63, 3.8) is 0 Å². The predicted octanol–water partition coefficient (Wildman–Crippen LogP) is 6.69. The molecule has 0 bridgehead atoms. The highest BCUT2D eigenvalue weighted by molar-refractivity contribution is 6.18. The van der Waals surface area contributed by atoms with E-state index >= 15 is 0 Å². The van der Waals surface area contributed by atoms with E-state index in [-0.39, 0.29) is 0 Å². The molecule has 0 heterocycles.